The number of aromatic nitrogens is 2. The molecule has 0 saturated carbocycles. The van der Waals surface area contributed by atoms with Crippen LogP contribution in [0, 0.1) is 0 Å². The second-order valence-corrected chi connectivity index (χ2v) is 6.56. The minimum Gasteiger partial charge on any atom is -0.347 e. The number of fused-ring (bicyclic) bond motifs is 1. The smallest absolute Gasteiger partial charge is 0.228 e. The number of hydrogen-bond acceptors (Lipinski definition) is 2. The summed E-state index contributed by atoms with van der Waals surface area (Å²) < 4.78 is 2.26. The van der Waals surface area contributed by atoms with Gasteiger partial charge in [0.05, 0.1) is 17.1 Å². The van der Waals surface area contributed by atoms with Crippen molar-refractivity contribution in [2.24, 2.45) is 0 Å². The number of aryl methyl sites for hydroxylation is 1. The maximum Gasteiger partial charge on any atom is 0.228 e. The van der Waals surface area contributed by atoms with E-state index >= 15 is 0 Å². The van der Waals surface area contributed by atoms with Gasteiger partial charge in [0.15, 0.2) is 0 Å². The van der Waals surface area contributed by atoms with Crippen molar-refractivity contribution in [3.05, 3.63) is 59.5 Å². The van der Waals surface area contributed by atoms with Crippen molar-refractivity contribution in [3.8, 4) is 0 Å². The predicted octanol–water partition coefficient (Wildman–Crippen LogP) is 5.06. The first-order valence-corrected chi connectivity index (χ1v) is 9.03. The number of carbonyl (C=O) groups excluding carboxylic acids is 1. The monoisotopic (exact) mass is 355 g/mol. The van der Waals surface area contributed by atoms with Gasteiger partial charge in [-0.3, -0.25) is 9.78 Å². The molecular weight excluding hydrogens is 334 g/mol. The van der Waals surface area contributed by atoms with Gasteiger partial charge in [0, 0.05) is 36.0 Å². The van der Waals surface area contributed by atoms with E-state index in [4.69, 9.17) is 11.6 Å². The van der Waals surface area contributed by atoms with Crippen LogP contribution in [0.4, 0.5) is 5.69 Å². The van der Waals surface area contributed by atoms with E-state index in [9.17, 15) is 4.79 Å². The quantitative estimate of drug-likeness (QED) is 0.602. The Morgan fingerprint density at radius 2 is 2.08 bits per heavy atom. The third kappa shape index (κ3) is 4.20. The molecule has 2 aromatic heterocycles. The van der Waals surface area contributed by atoms with Crippen molar-refractivity contribution in [2.75, 3.05) is 5.32 Å². The molecule has 2 heterocycles. The molecule has 0 saturated heterocycles. The standard InChI is InChI=1S/C20H22ClN3O/c1-2-3-6-11-24-14-15(16-7-4-5-8-19(16)24)12-20(25)23-18-9-10-22-13-17(18)21/h4-5,7-10,13-14H,2-3,6,11-12H2,1H3,(H,22,23,25). The number of amides is 1. The van der Waals surface area contributed by atoms with Gasteiger partial charge in [-0.15, -0.1) is 0 Å². The van der Waals surface area contributed by atoms with E-state index < -0.39 is 0 Å². The Morgan fingerprint density at radius 3 is 2.88 bits per heavy atom. The first-order chi connectivity index (χ1) is 12.2. The van der Waals surface area contributed by atoms with Crippen molar-refractivity contribution in [3.63, 3.8) is 0 Å². The molecule has 25 heavy (non-hydrogen) atoms. The largest absolute Gasteiger partial charge is 0.347 e. The second-order valence-electron chi connectivity index (χ2n) is 6.15. The molecule has 0 aliphatic heterocycles. The molecule has 0 fully saturated rings. The first kappa shape index (κ1) is 17.5. The fourth-order valence-electron chi connectivity index (χ4n) is 3.02. The van der Waals surface area contributed by atoms with Crippen molar-refractivity contribution in [1.29, 1.82) is 0 Å². The van der Waals surface area contributed by atoms with Crippen LogP contribution in [-0.2, 0) is 17.8 Å². The highest BCUT2D eigenvalue weighted by molar-refractivity contribution is 6.33. The number of halogens is 1. The molecule has 0 aliphatic rings. The molecule has 0 aliphatic carbocycles. The number of rotatable bonds is 7. The molecular formula is C20H22ClN3O. The lowest BCUT2D eigenvalue weighted by Crippen LogP contribution is -2.14. The number of benzene rings is 1. The van der Waals surface area contributed by atoms with E-state index in [0.29, 0.717) is 17.1 Å². The van der Waals surface area contributed by atoms with Crippen LogP contribution >= 0.6 is 11.6 Å². The molecule has 1 amide bonds. The SMILES string of the molecule is CCCCCn1cc(CC(=O)Nc2ccncc2Cl)c2ccccc21. The van der Waals surface area contributed by atoms with Crippen LogP contribution in [0.25, 0.3) is 10.9 Å². The van der Waals surface area contributed by atoms with E-state index in [1.807, 2.05) is 12.1 Å². The van der Waals surface area contributed by atoms with Gasteiger partial charge in [-0.25, -0.2) is 0 Å². The molecule has 0 atom stereocenters. The highest BCUT2D eigenvalue weighted by Gasteiger charge is 2.12. The van der Waals surface area contributed by atoms with E-state index in [1.165, 1.54) is 24.6 Å². The number of hydrogen-bond donors (Lipinski definition) is 1. The molecule has 0 radical (unpaired) electrons. The Balaban J connectivity index is 1.78. The molecule has 1 aromatic carbocycles. The van der Waals surface area contributed by atoms with E-state index in [2.05, 4.69) is 40.1 Å². The Morgan fingerprint density at radius 1 is 1.24 bits per heavy atom. The Kier molecular flexibility index (Phi) is 5.71. The van der Waals surface area contributed by atoms with E-state index in [-0.39, 0.29) is 5.91 Å². The van der Waals surface area contributed by atoms with Crippen LogP contribution < -0.4 is 5.32 Å². The summed E-state index contributed by atoms with van der Waals surface area (Å²) in [6.07, 6.45) is 9.11. The lowest BCUT2D eigenvalue weighted by Gasteiger charge is -2.06. The molecule has 0 unspecified atom stereocenters. The summed E-state index contributed by atoms with van der Waals surface area (Å²) >= 11 is 6.06. The van der Waals surface area contributed by atoms with Gasteiger partial charge in [0.1, 0.15) is 0 Å². The summed E-state index contributed by atoms with van der Waals surface area (Å²) in [6, 6.07) is 9.95. The molecule has 1 N–H and O–H groups in total. The molecule has 0 spiro atoms. The zero-order chi connectivity index (χ0) is 17.6. The topological polar surface area (TPSA) is 46.9 Å². The molecule has 3 rings (SSSR count). The summed E-state index contributed by atoms with van der Waals surface area (Å²) in [5.74, 6) is -0.0791. The fourth-order valence-corrected chi connectivity index (χ4v) is 3.19. The van der Waals surface area contributed by atoms with Crippen LogP contribution in [0.15, 0.2) is 48.9 Å². The third-order valence-electron chi connectivity index (χ3n) is 4.27. The molecule has 5 heteroatoms. The summed E-state index contributed by atoms with van der Waals surface area (Å²) in [6.45, 7) is 3.18. The average Bonchev–Trinajstić information content (AvgIpc) is 2.95. The summed E-state index contributed by atoms with van der Waals surface area (Å²) in [7, 11) is 0. The maximum absolute atomic E-state index is 12.4. The van der Waals surface area contributed by atoms with Crippen LogP contribution in [0.2, 0.25) is 5.02 Å². The van der Waals surface area contributed by atoms with Crippen molar-refractivity contribution in [1.82, 2.24) is 9.55 Å². The number of para-hydroxylation sites is 1. The fraction of sp³-hybridized carbons (Fsp3) is 0.300. The lowest BCUT2D eigenvalue weighted by atomic mass is 10.1. The number of unbranched alkanes of at least 4 members (excludes halogenated alkanes) is 2. The Hall–Kier alpha value is -2.33. The van der Waals surface area contributed by atoms with Gasteiger partial charge < -0.3 is 9.88 Å². The third-order valence-corrected chi connectivity index (χ3v) is 4.57. The van der Waals surface area contributed by atoms with Crippen molar-refractivity contribution < 1.29 is 4.79 Å². The van der Waals surface area contributed by atoms with Crippen LogP contribution in [-0.4, -0.2) is 15.5 Å². The van der Waals surface area contributed by atoms with Crippen LogP contribution in [0.3, 0.4) is 0 Å². The number of nitrogens with zero attached hydrogens (tertiary/aromatic N) is 2. The normalized spacial score (nSPS) is 11.0. The molecule has 0 bridgehead atoms. The van der Waals surface area contributed by atoms with Gasteiger partial charge in [0.25, 0.3) is 0 Å². The predicted molar refractivity (Wildman–Crippen MR) is 103 cm³/mol. The Labute approximate surface area is 152 Å². The van der Waals surface area contributed by atoms with Crippen LogP contribution in [0.1, 0.15) is 31.7 Å². The van der Waals surface area contributed by atoms with Crippen LogP contribution in [0.5, 0.6) is 0 Å². The second kappa shape index (κ2) is 8.17. The summed E-state index contributed by atoms with van der Waals surface area (Å²) in [5, 5.41) is 4.44. The van der Waals surface area contributed by atoms with E-state index in [0.717, 1.165) is 23.9 Å². The summed E-state index contributed by atoms with van der Waals surface area (Å²) in [4.78, 5) is 16.4. The lowest BCUT2D eigenvalue weighted by molar-refractivity contribution is -0.115. The first-order valence-electron chi connectivity index (χ1n) is 8.65. The highest BCUT2D eigenvalue weighted by Crippen LogP contribution is 2.24. The van der Waals surface area contributed by atoms with Gasteiger partial charge in [-0.1, -0.05) is 49.6 Å². The summed E-state index contributed by atoms with van der Waals surface area (Å²) in [5.41, 5.74) is 2.81. The average molecular weight is 356 g/mol. The maximum atomic E-state index is 12.4. The molecule has 4 nitrogen and oxygen atoms in total. The molecule has 130 valence electrons. The van der Waals surface area contributed by atoms with Gasteiger partial charge in [0.2, 0.25) is 5.91 Å². The van der Waals surface area contributed by atoms with Gasteiger partial charge in [-0.05, 0) is 24.1 Å². The zero-order valence-electron chi connectivity index (χ0n) is 14.3. The number of pyridine rings is 1. The van der Waals surface area contributed by atoms with Crippen molar-refractivity contribution >= 4 is 34.1 Å². The molecule has 3 aromatic rings. The van der Waals surface area contributed by atoms with Crippen molar-refractivity contribution in [2.45, 2.75) is 39.2 Å². The number of nitrogens with one attached hydrogen (secondary N) is 1. The Bertz CT molecular complexity index is 872. The zero-order valence-corrected chi connectivity index (χ0v) is 15.1. The van der Waals surface area contributed by atoms with Gasteiger partial charge in [-0.2, -0.15) is 0 Å². The minimum atomic E-state index is -0.0791. The number of carbonyl (C=O) groups is 1. The highest BCUT2D eigenvalue weighted by atomic mass is 35.5. The van der Waals surface area contributed by atoms with E-state index in [1.54, 1.807) is 12.3 Å². The van der Waals surface area contributed by atoms with Gasteiger partial charge >= 0.3 is 0 Å². The minimum absolute atomic E-state index is 0.0791. The number of anilines is 1.